The number of nitrogens with zero attached hydrogens (tertiary/aromatic N) is 1. The van der Waals surface area contributed by atoms with Gasteiger partial charge in [0.05, 0.1) is 6.54 Å². The number of furan rings is 1. The van der Waals surface area contributed by atoms with Gasteiger partial charge < -0.3 is 24.5 Å². The van der Waals surface area contributed by atoms with E-state index < -0.39 is 0 Å². The number of guanidine groups is 1. The molecule has 0 radical (unpaired) electrons. The molecule has 8 heteroatoms. The summed E-state index contributed by atoms with van der Waals surface area (Å²) in [5.74, 6) is 1.86. The third kappa shape index (κ3) is 7.11. The minimum absolute atomic E-state index is 0. The molecule has 0 bridgehead atoms. The van der Waals surface area contributed by atoms with Gasteiger partial charge in [-0.05, 0) is 50.3 Å². The molecule has 1 saturated heterocycles. The number of aliphatic imine (C=N–C) groups is 1. The summed E-state index contributed by atoms with van der Waals surface area (Å²) in [7, 11) is 1.73. The SMILES string of the molecule is CN=C(NCCCOCC1CCOCC1)NCc1oc2ccc(F)cc2c1C.I. The minimum atomic E-state index is -0.257. The zero-order valence-electron chi connectivity index (χ0n) is 17.1. The van der Waals surface area contributed by atoms with E-state index in [-0.39, 0.29) is 29.8 Å². The first-order valence-corrected chi connectivity index (χ1v) is 9.95. The molecule has 2 heterocycles. The van der Waals surface area contributed by atoms with Crippen molar-refractivity contribution in [1.82, 2.24) is 10.6 Å². The molecule has 162 valence electrons. The second-order valence-corrected chi connectivity index (χ2v) is 7.13. The molecular formula is C21H31FIN3O3. The van der Waals surface area contributed by atoms with Crippen LogP contribution in [0.2, 0.25) is 0 Å². The number of hydrogen-bond donors (Lipinski definition) is 2. The van der Waals surface area contributed by atoms with Gasteiger partial charge in [-0.3, -0.25) is 4.99 Å². The van der Waals surface area contributed by atoms with E-state index >= 15 is 0 Å². The maximum absolute atomic E-state index is 13.4. The van der Waals surface area contributed by atoms with E-state index in [1.54, 1.807) is 13.1 Å². The lowest BCUT2D eigenvalue weighted by atomic mass is 10.0. The van der Waals surface area contributed by atoms with E-state index in [2.05, 4.69) is 15.6 Å². The number of hydrogen-bond acceptors (Lipinski definition) is 4. The summed E-state index contributed by atoms with van der Waals surface area (Å²) >= 11 is 0. The quantitative estimate of drug-likeness (QED) is 0.239. The third-order valence-electron chi connectivity index (χ3n) is 5.09. The number of ether oxygens (including phenoxy) is 2. The Morgan fingerprint density at radius 2 is 2.07 bits per heavy atom. The van der Waals surface area contributed by atoms with Crippen LogP contribution in [0.15, 0.2) is 27.6 Å². The van der Waals surface area contributed by atoms with Gasteiger partial charge in [0, 0.05) is 51.0 Å². The second-order valence-electron chi connectivity index (χ2n) is 7.13. The normalized spacial score (nSPS) is 15.3. The van der Waals surface area contributed by atoms with Crippen LogP contribution in [0.5, 0.6) is 0 Å². The van der Waals surface area contributed by atoms with Crippen molar-refractivity contribution < 1.29 is 18.3 Å². The molecule has 1 aliphatic heterocycles. The van der Waals surface area contributed by atoms with Gasteiger partial charge in [-0.25, -0.2) is 4.39 Å². The molecule has 0 aliphatic carbocycles. The maximum atomic E-state index is 13.4. The summed E-state index contributed by atoms with van der Waals surface area (Å²) in [4.78, 5) is 4.23. The van der Waals surface area contributed by atoms with E-state index in [1.807, 2.05) is 6.92 Å². The molecule has 2 N–H and O–H groups in total. The third-order valence-corrected chi connectivity index (χ3v) is 5.09. The standard InChI is InChI=1S/C21H30FN3O3.HI/c1-15-18-12-17(22)4-5-19(18)28-20(15)13-25-21(23-2)24-8-3-9-27-14-16-6-10-26-11-7-16;/h4-5,12,16H,3,6-11,13-14H2,1-2H3,(H2,23,24,25);1H. The molecule has 0 unspecified atom stereocenters. The number of nitrogens with one attached hydrogen (secondary N) is 2. The number of fused-ring (bicyclic) bond motifs is 1. The molecule has 0 atom stereocenters. The lowest BCUT2D eigenvalue weighted by Gasteiger charge is -2.21. The van der Waals surface area contributed by atoms with Gasteiger partial charge in [0.2, 0.25) is 0 Å². The Labute approximate surface area is 188 Å². The number of benzene rings is 1. The second kappa shape index (κ2) is 12.3. The van der Waals surface area contributed by atoms with Gasteiger partial charge in [-0.2, -0.15) is 0 Å². The van der Waals surface area contributed by atoms with Crippen molar-refractivity contribution in [3.8, 4) is 0 Å². The van der Waals surface area contributed by atoms with Crippen LogP contribution in [-0.4, -0.2) is 46.0 Å². The number of rotatable bonds is 8. The van der Waals surface area contributed by atoms with Crippen LogP contribution in [0.25, 0.3) is 11.0 Å². The molecule has 3 rings (SSSR count). The number of aryl methyl sites for hydroxylation is 1. The topological polar surface area (TPSA) is 68.0 Å². The van der Waals surface area contributed by atoms with Crippen LogP contribution in [0.4, 0.5) is 4.39 Å². The van der Waals surface area contributed by atoms with Gasteiger partial charge >= 0.3 is 0 Å². The van der Waals surface area contributed by atoms with Gasteiger partial charge in [0.25, 0.3) is 0 Å². The fourth-order valence-corrected chi connectivity index (χ4v) is 3.34. The molecule has 0 amide bonds. The van der Waals surface area contributed by atoms with Crippen LogP contribution >= 0.6 is 24.0 Å². The van der Waals surface area contributed by atoms with E-state index in [9.17, 15) is 4.39 Å². The summed E-state index contributed by atoms with van der Waals surface area (Å²) in [6.07, 6.45) is 3.11. The highest BCUT2D eigenvalue weighted by atomic mass is 127. The van der Waals surface area contributed by atoms with Crippen molar-refractivity contribution in [2.24, 2.45) is 10.9 Å². The summed E-state index contributed by atoms with van der Waals surface area (Å²) < 4.78 is 30.4. The Morgan fingerprint density at radius 3 is 2.83 bits per heavy atom. The Morgan fingerprint density at radius 1 is 1.28 bits per heavy atom. The molecule has 6 nitrogen and oxygen atoms in total. The Balaban J connectivity index is 0.00000300. The van der Waals surface area contributed by atoms with Crippen molar-refractivity contribution >= 4 is 40.9 Å². The molecule has 1 aliphatic rings. The van der Waals surface area contributed by atoms with Crippen molar-refractivity contribution in [3.63, 3.8) is 0 Å². The Hall–Kier alpha value is -1.39. The van der Waals surface area contributed by atoms with E-state index in [4.69, 9.17) is 13.9 Å². The summed E-state index contributed by atoms with van der Waals surface area (Å²) in [6, 6.07) is 4.58. The highest BCUT2D eigenvalue weighted by Crippen LogP contribution is 2.25. The average Bonchev–Trinajstić information content (AvgIpc) is 3.03. The molecule has 1 aromatic heterocycles. The van der Waals surface area contributed by atoms with Crippen LogP contribution in [-0.2, 0) is 16.0 Å². The van der Waals surface area contributed by atoms with Crippen LogP contribution in [0.3, 0.4) is 0 Å². The van der Waals surface area contributed by atoms with Gasteiger partial charge in [0.15, 0.2) is 5.96 Å². The molecule has 0 spiro atoms. The summed E-state index contributed by atoms with van der Waals surface area (Å²) in [5, 5.41) is 7.33. The first-order valence-electron chi connectivity index (χ1n) is 9.95. The van der Waals surface area contributed by atoms with Gasteiger partial charge in [-0.15, -0.1) is 24.0 Å². The lowest BCUT2D eigenvalue weighted by molar-refractivity contribution is 0.0203. The molecule has 1 aromatic carbocycles. The Bertz CT molecular complexity index is 791. The minimum Gasteiger partial charge on any atom is -0.459 e. The molecule has 2 aromatic rings. The zero-order chi connectivity index (χ0) is 19.8. The predicted molar refractivity (Wildman–Crippen MR) is 124 cm³/mol. The molecule has 29 heavy (non-hydrogen) atoms. The first kappa shape index (κ1) is 23.9. The predicted octanol–water partition coefficient (Wildman–Crippen LogP) is 4.00. The van der Waals surface area contributed by atoms with Crippen LogP contribution in [0, 0.1) is 18.7 Å². The van der Waals surface area contributed by atoms with E-state index in [0.29, 0.717) is 24.0 Å². The fraction of sp³-hybridized carbons (Fsp3) is 0.571. The highest BCUT2D eigenvalue weighted by molar-refractivity contribution is 14.0. The number of halogens is 2. The van der Waals surface area contributed by atoms with Crippen LogP contribution in [0.1, 0.15) is 30.6 Å². The smallest absolute Gasteiger partial charge is 0.191 e. The van der Waals surface area contributed by atoms with E-state index in [0.717, 1.165) is 68.9 Å². The molecular weight excluding hydrogens is 488 g/mol. The van der Waals surface area contributed by atoms with Crippen molar-refractivity contribution in [2.75, 3.05) is 40.0 Å². The largest absolute Gasteiger partial charge is 0.459 e. The van der Waals surface area contributed by atoms with Crippen molar-refractivity contribution in [3.05, 3.63) is 35.3 Å². The zero-order valence-corrected chi connectivity index (χ0v) is 19.5. The Kier molecular flexibility index (Phi) is 10.2. The first-order chi connectivity index (χ1) is 13.7. The highest BCUT2D eigenvalue weighted by Gasteiger charge is 2.14. The lowest BCUT2D eigenvalue weighted by Crippen LogP contribution is -2.37. The molecule has 0 saturated carbocycles. The fourth-order valence-electron chi connectivity index (χ4n) is 3.34. The molecule has 1 fully saturated rings. The van der Waals surface area contributed by atoms with Gasteiger partial charge in [-0.1, -0.05) is 0 Å². The van der Waals surface area contributed by atoms with Gasteiger partial charge in [0.1, 0.15) is 17.2 Å². The summed E-state index contributed by atoms with van der Waals surface area (Å²) in [6.45, 7) is 6.47. The van der Waals surface area contributed by atoms with Crippen LogP contribution < -0.4 is 10.6 Å². The van der Waals surface area contributed by atoms with Crippen molar-refractivity contribution in [1.29, 1.82) is 0 Å². The monoisotopic (exact) mass is 519 g/mol. The van der Waals surface area contributed by atoms with E-state index in [1.165, 1.54) is 12.1 Å². The summed E-state index contributed by atoms with van der Waals surface area (Å²) in [5.41, 5.74) is 1.64. The maximum Gasteiger partial charge on any atom is 0.191 e. The average molecular weight is 519 g/mol. The van der Waals surface area contributed by atoms with Crippen molar-refractivity contribution in [2.45, 2.75) is 32.7 Å².